The number of aryl methyl sites for hydroxylation is 1. The van der Waals surface area contributed by atoms with E-state index in [0.29, 0.717) is 11.1 Å². The molecule has 3 rings (SSSR count). The van der Waals surface area contributed by atoms with Crippen LogP contribution in [0.2, 0.25) is 0 Å². The highest BCUT2D eigenvalue weighted by atomic mass is 19.1. The average molecular weight is 411 g/mol. The number of hydrogen-bond donors (Lipinski definition) is 0. The summed E-state index contributed by atoms with van der Waals surface area (Å²) in [6.07, 6.45) is 9.92. The van der Waals surface area contributed by atoms with Gasteiger partial charge in [0.2, 0.25) is 0 Å². The third-order valence-corrected chi connectivity index (χ3v) is 5.53. The largest absolute Gasteiger partial charge is 0.207 e. The summed E-state index contributed by atoms with van der Waals surface area (Å²) in [4.78, 5) is 0. The monoisotopic (exact) mass is 410 g/mol. The first-order chi connectivity index (χ1) is 14.6. The number of hydrogen-bond acceptors (Lipinski definition) is 0. The second-order valence-electron chi connectivity index (χ2n) is 7.88. The topological polar surface area (TPSA) is 0 Å². The van der Waals surface area contributed by atoms with Gasteiger partial charge in [-0.25, -0.2) is 13.2 Å². The molecule has 0 bridgehead atoms. The summed E-state index contributed by atoms with van der Waals surface area (Å²) < 4.78 is 42.0. The van der Waals surface area contributed by atoms with Crippen LogP contribution in [0.5, 0.6) is 0 Å². The highest BCUT2D eigenvalue weighted by molar-refractivity contribution is 5.83. The quantitative estimate of drug-likeness (QED) is 0.293. The van der Waals surface area contributed by atoms with E-state index in [1.54, 1.807) is 0 Å². The molecule has 30 heavy (non-hydrogen) atoms. The Hall–Kier alpha value is -2.55. The molecule has 0 radical (unpaired) electrons. The lowest BCUT2D eigenvalue weighted by molar-refractivity contribution is 0.589. The SMILES string of the molecule is CCCCCCCCCc1ccc(-c2cc(F)ccc2-c2cc(F)ccc2F)cc1. The van der Waals surface area contributed by atoms with Gasteiger partial charge in [0.15, 0.2) is 0 Å². The van der Waals surface area contributed by atoms with E-state index in [9.17, 15) is 13.2 Å². The van der Waals surface area contributed by atoms with E-state index < -0.39 is 17.5 Å². The predicted molar refractivity (Wildman–Crippen MR) is 119 cm³/mol. The standard InChI is InChI=1S/C27H29F3/c1-2-3-4-5-6-7-8-9-20-10-12-21(13-11-20)25-18-22(28)14-16-24(25)26-19-23(29)15-17-27(26)30/h10-19H,2-9H2,1H3. The van der Waals surface area contributed by atoms with Crippen LogP contribution in [0, 0.1) is 17.5 Å². The van der Waals surface area contributed by atoms with Crippen molar-refractivity contribution in [3.05, 3.63) is 83.7 Å². The molecule has 0 aliphatic rings. The molecule has 0 fully saturated rings. The first-order valence-corrected chi connectivity index (χ1v) is 10.9. The average Bonchev–Trinajstić information content (AvgIpc) is 2.75. The molecule has 3 heteroatoms. The molecule has 0 saturated carbocycles. The molecular weight excluding hydrogens is 381 g/mol. The van der Waals surface area contributed by atoms with Gasteiger partial charge in [0.25, 0.3) is 0 Å². The second-order valence-corrected chi connectivity index (χ2v) is 7.88. The molecule has 0 aromatic heterocycles. The molecule has 0 heterocycles. The Morgan fingerprint density at radius 3 is 1.87 bits per heavy atom. The fourth-order valence-electron chi connectivity index (χ4n) is 3.83. The maximum Gasteiger partial charge on any atom is 0.131 e. The number of unbranched alkanes of at least 4 members (excludes halogenated alkanes) is 6. The molecule has 0 N–H and O–H groups in total. The van der Waals surface area contributed by atoms with Crippen molar-refractivity contribution in [2.24, 2.45) is 0 Å². The van der Waals surface area contributed by atoms with Gasteiger partial charge < -0.3 is 0 Å². The molecule has 0 aliphatic heterocycles. The lowest BCUT2D eigenvalue weighted by Crippen LogP contribution is -1.92. The Morgan fingerprint density at radius 1 is 0.567 bits per heavy atom. The summed E-state index contributed by atoms with van der Waals surface area (Å²) in [7, 11) is 0. The highest BCUT2D eigenvalue weighted by Crippen LogP contribution is 2.34. The first kappa shape index (κ1) is 22.1. The molecule has 0 nitrogen and oxygen atoms in total. The number of rotatable bonds is 10. The Morgan fingerprint density at radius 2 is 1.17 bits per heavy atom. The van der Waals surface area contributed by atoms with Gasteiger partial charge in [-0.05, 0) is 65.4 Å². The van der Waals surface area contributed by atoms with Crippen LogP contribution in [0.25, 0.3) is 22.3 Å². The van der Waals surface area contributed by atoms with Gasteiger partial charge >= 0.3 is 0 Å². The summed E-state index contributed by atoms with van der Waals surface area (Å²) in [6, 6.07) is 15.5. The fraction of sp³-hybridized carbons (Fsp3) is 0.333. The molecule has 0 unspecified atom stereocenters. The van der Waals surface area contributed by atoms with Crippen LogP contribution in [-0.4, -0.2) is 0 Å². The van der Waals surface area contributed by atoms with E-state index >= 15 is 0 Å². The zero-order valence-corrected chi connectivity index (χ0v) is 17.6. The highest BCUT2D eigenvalue weighted by Gasteiger charge is 2.13. The minimum Gasteiger partial charge on any atom is -0.207 e. The van der Waals surface area contributed by atoms with Crippen LogP contribution >= 0.6 is 0 Å². The molecule has 3 aromatic rings. The van der Waals surface area contributed by atoms with E-state index in [0.717, 1.165) is 36.6 Å². The Bertz CT molecular complexity index is 945. The van der Waals surface area contributed by atoms with E-state index in [1.807, 2.05) is 24.3 Å². The Kier molecular flexibility index (Phi) is 8.12. The van der Waals surface area contributed by atoms with Crippen LogP contribution in [0.3, 0.4) is 0 Å². The summed E-state index contributed by atoms with van der Waals surface area (Å²) in [5.41, 5.74) is 3.20. The van der Waals surface area contributed by atoms with Crippen LogP contribution in [0.15, 0.2) is 60.7 Å². The van der Waals surface area contributed by atoms with Gasteiger partial charge in [-0.2, -0.15) is 0 Å². The zero-order chi connectivity index (χ0) is 21.3. The van der Waals surface area contributed by atoms with Crippen molar-refractivity contribution >= 4 is 0 Å². The fourth-order valence-corrected chi connectivity index (χ4v) is 3.83. The zero-order valence-electron chi connectivity index (χ0n) is 17.6. The molecule has 0 spiro atoms. The van der Waals surface area contributed by atoms with E-state index in [4.69, 9.17) is 0 Å². The lowest BCUT2D eigenvalue weighted by Gasteiger charge is -2.12. The van der Waals surface area contributed by atoms with Crippen LogP contribution in [0.1, 0.15) is 57.4 Å². The van der Waals surface area contributed by atoms with Crippen molar-refractivity contribution in [3.63, 3.8) is 0 Å². The molecule has 0 amide bonds. The predicted octanol–water partition coefficient (Wildman–Crippen LogP) is 8.73. The summed E-state index contributed by atoms with van der Waals surface area (Å²) in [6.45, 7) is 2.23. The van der Waals surface area contributed by atoms with Gasteiger partial charge in [-0.1, -0.05) is 75.8 Å². The van der Waals surface area contributed by atoms with Crippen molar-refractivity contribution in [1.82, 2.24) is 0 Å². The third kappa shape index (κ3) is 5.98. The molecule has 0 atom stereocenters. The van der Waals surface area contributed by atoms with Gasteiger partial charge in [-0.15, -0.1) is 0 Å². The van der Waals surface area contributed by atoms with Gasteiger partial charge in [0.05, 0.1) is 0 Å². The summed E-state index contributed by atoms with van der Waals surface area (Å²) in [5.74, 6) is -1.45. The molecular formula is C27H29F3. The van der Waals surface area contributed by atoms with Gasteiger partial charge in [0, 0.05) is 5.56 Å². The second kappa shape index (κ2) is 11.0. The Balaban J connectivity index is 1.72. The Labute approximate surface area is 177 Å². The van der Waals surface area contributed by atoms with E-state index in [1.165, 1.54) is 62.3 Å². The van der Waals surface area contributed by atoms with Crippen molar-refractivity contribution in [2.45, 2.75) is 58.3 Å². The first-order valence-electron chi connectivity index (χ1n) is 10.9. The smallest absolute Gasteiger partial charge is 0.131 e. The maximum absolute atomic E-state index is 14.3. The van der Waals surface area contributed by atoms with Crippen LogP contribution in [0.4, 0.5) is 13.2 Å². The van der Waals surface area contributed by atoms with E-state index in [2.05, 4.69) is 6.92 Å². The number of halogens is 3. The van der Waals surface area contributed by atoms with Gasteiger partial charge in [-0.3, -0.25) is 0 Å². The minimum absolute atomic E-state index is 0.136. The molecule has 0 aliphatic carbocycles. The van der Waals surface area contributed by atoms with Crippen LogP contribution in [-0.2, 0) is 6.42 Å². The molecule has 0 saturated heterocycles. The van der Waals surface area contributed by atoms with E-state index in [-0.39, 0.29) is 5.56 Å². The molecule has 3 aromatic carbocycles. The van der Waals surface area contributed by atoms with Crippen molar-refractivity contribution in [1.29, 1.82) is 0 Å². The van der Waals surface area contributed by atoms with Gasteiger partial charge in [0.1, 0.15) is 17.5 Å². The normalized spacial score (nSPS) is 11.1. The van der Waals surface area contributed by atoms with Crippen molar-refractivity contribution in [2.75, 3.05) is 0 Å². The minimum atomic E-state index is -0.528. The lowest BCUT2D eigenvalue weighted by atomic mass is 9.93. The third-order valence-electron chi connectivity index (χ3n) is 5.53. The number of benzene rings is 3. The van der Waals surface area contributed by atoms with Crippen LogP contribution < -0.4 is 0 Å². The summed E-state index contributed by atoms with van der Waals surface area (Å²) in [5, 5.41) is 0. The summed E-state index contributed by atoms with van der Waals surface area (Å²) >= 11 is 0. The maximum atomic E-state index is 14.3. The van der Waals surface area contributed by atoms with Crippen molar-refractivity contribution < 1.29 is 13.2 Å². The molecule has 158 valence electrons. The van der Waals surface area contributed by atoms with Crippen molar-refractivity contribution in [3.8, 4) is 22.3 Å².